The maximum absolute atomic E-state index is 11.8. The van der Waals surface area contributed by atoms with Crippen LogP contribution in [0.1, 0.15) is 57.1 Å². The van der Waals surface area contributed by atoms with Gasteiger partial charge in [-0.2, -0.15) is 8.42 Å². The quantitative estimate of drug-likeness (QED) is 0.798. The Morgan fingerprint density at radius 1 is 1.22 bits per heavy atom. The molecule has 0 heterocycles. The van der Waals surface area contributed by atoms with Crippen LogP contribution in [0.15, 0.2) is 35.9 Å². The molecule has 27 heavy (non-hydrogen) atoms. The predicted molar refractivity (Wildman–Crippen MR) is 104 cm³/mol. The maximum atomic E-state index is 11.8. The van der Waals surface area contributed by atoms with Gasteiger partial charge in [-0.3, -0.25) is 4.79 Å². The summed E-state index contributed by atoms with van der Waals surface area (Å²) in [4.78, 5) is 11.0. The van der Waals surface area contributed by atoms with Crippen LogP contribution in [0.4, 0.5) is 0 Å². The zero-order chi connectivity index (χ0) is 19.4. The molecule has 3 aliphatic carbocycles. The minimum atomic E-state index is -4.13. The molecule has 1 saturated carbocycles. The second-order valence-electron chi connectivity index (χ2n) is 8.26. The Labute approximate surface area is 160 Å². The highest BCUT2D eigenvalue weighted by Gasteiger charge is 2.46. The van der Waals surface area contributed by atoms with Gasteiger partial charge in [-0.05, 0) is 72.8 Å². The van der Waals surface area contributed by atoms with Crippen LogP contribution < -0.4 is 8.91 Å². The van der Waals surface area contributed by atoms with E-state index in [2.05, 4.69) is 13.5 Å². The number of rotatable bonds is 3. The lowest BCUT2D eigenvalue weighted by atomic mass is 9.62. The summed E-state index contributed by atoms with van der Waals surface area (Å²) in [7, 11) is -4.13. The van der Waals surface area contributed by atoms with Gasteiger partial charge in [0.2, 0.25) is 5.91 Å². The minimum absolute atomic E-state index is 0.234. The van der Waals surface area contributed by atoms with Crippen molar-refractivity contribution in [1.82, 2.24) is 4.72 Å². The first kappa shape index (κ1) is 18.3. The first-order valence-corrected chi connectivity index (χ1v) is 10.8. The van der Waals surface area contributed by atoms with Gasteiger partial charge in [-0.25, -0.2) is 4.72 Å². The van der Waals surface area contributed by atoms with Crippen LogP contribution in [0.25, 0.3) is 5.57 Å². The lowest BCUT2D eigenvalue weighted by molar-refractivity contribution is -0.117. The fourth-order valence-electron chi connectivity index (χ4n) is 5.23. The molecule has 4 rings (SSSR count). The number of fused-ring (bicyclic) bond motifs is 4. The number of amides is 1. The normalized spacial score (nSPS) is 26.9. The Balaban J connectivity index is 1.66. The summed E-state index contributed by atoms with van der Waals surface area (Å²) in [5, 5.41) is 0. The van der Waals surface area contributed by atoms with Gasteiger partial charge >= 0.3 is 10.3 Å². The van der Waals surface area contributed by atoms with E-state index in [0.29, 0.717) is 11.3 Å². The molecule has 0 bridgehead atoms. The molecular weight excluding hydrogens is 362 g/mol. The topological polar surface area (TPSA) is 72.5 Å². The highest BCUT2D eigenvalue weighted by atomic mass is 32.2. The first-order chi connectivity index (χ1) is 12.7. The third kappa shape index (κ3) is 3.20. The van der Waals surface area contributed by atoms with Crippen molar-refractivity contribution >= 4 is 21.8 Å². The highest BCUT2D eigenvalue weighted by molar-refractivity contribution is 7.85. The fraction of sp³-hybridized carbons (Fsp3) is 0.476. The number of nitrogens with one attached hydrogen (secondary N) is 1. The highest BCUT2D eigenvalue weighted by Crippen LogP contribution is 2.59. The van der Waals surface area contributed by atoms with Gasteiger partial charge in [-0.15, -0.1) is 0 Å². The van der Waals surface area contributed by atoms with Crippen LogP contribution in [0, 0.1) is 11.3 Å². The van der Waals surface area contributed by atoms with E-state index in [1.54, 1.807) is 17.7 Å². The molecule has 5 nitrogen and oxygen atoms in total. The average Bonchev–Trinajstić information content (AvgIpc) is 2.88. The third-order valence-electron chi connectivity index (χ3n) is 6.34. The van der Waals surface area contributed by atoms with Crippen molar-refractivity contribution in [2.45, 2.75) is 52.4 Å². The zero-order valence-corrected chi connectivity index (χ0v) is 16.6. The van der Waals surface area contributed by atoms with Gasteiger partial charge < -0.3 is 4.18 Å². The van der Waals surface area contributed by atoms with Gasteiger partial charge in [0.05, 0.1) is 0 Å². The Hall–Kier alpha value is -2.08. The Bertz CT molecular complexity index is 976. The summed E-state index contributed by atoms with van der Waals surface area (Å²) in [6.45, 7) is 7.89. The Morgan fingerprint density at radius 3 is 2.70 bits per heavy atom. The largest absolute Gasteiger partial charge is 0.409 e. The van der Waals surface area contributed by atoms with Crippen LogP contribution in [0.5, 0.6) is 5.75 Å². The Kier molecular flexibility index (Phi) is 4.22. The molecule has 0 radical (unpaired) electrons. The molecule has 6 heteroatoms. The number of carbonyl (C=O) groups is 1. The molecule has 3 aliphatic rings. The van der Waals surface area contributed by atoms with Gasteiger partial charge in [0.1, 0.15) is 5.75 Å². The molecule has 0 spiro atoms. The van der Waals surface area contributed by atoms with Crippen molar-refractivity contribution in [3.05, 3.63) is 47.1 Å². The van der Waals surface area contributed by atoms with Crippen molar-refractivity contribution in [1.29, 1.82) is 0 Å². The van der Waals surface area contributed by atoms with E-state index in [1.165, 1.54) is 29.6 Å². The van der Waals surface area contributed by atoms with E-state index < -0.39 is 16.2 Å². The third-order valence-corrected chi connectivity index (χ3v) is 7.29. The molecule has 1 N–H and O–H groups in total. The smallest absolute Gasteiger partial charge is 0.367 e. The lowest BCUT2D eigenvalue weighted by Crippen LogP contribution is -2.32. The van der Waals surface area contributed by atoms with Gasteiger partial charge in [0.25, 0.3) is 0 Å². The number of hydrogen-bond donors (Lipinski definition) is 1. The molecule has 1 fully saturated rings. The minimum Gasteiger partial charge on any atom is -0.367 e. The molecule has 144 valence electrons. The van der Waals surface area contributed by atoms with Gasteiger partial charge in [-0.1, -0.05) is 30.7 Å². The van der Waals surface area contributed by atoms with E-state index in [0.717, 1.165) is 38.2 Å². The summed E-state index contributed by atoms with van der Waals surface area (Å²) in [6.07, 6.45) is 6.44. The van der Waals surface area contributed by atoms with Crippen LogP contribution >= 0.6 is 0 Å². The van der Waals surface area contributed by atoms with E-state index >= 15 is 0 Å². The molecule has 2 atom stereocenters. The number of allylic oxidation sites excluding steroid dienone is 3. The standard InChI is InChI=1S/C21H25NO4S/c1-13-8-10-21(3)11-9-18-17-7-5-16(26-27(24,25)22-14(2)23)12-15(17)4-6-19(18)20(13)21/h5,7,12,20H,1,4,6,8-11H2,2-3H3,(H,22,23)/t20-,21-/m0/s1. The van der Waals surface area contributed by atoms with Crippen LogP contribution in [0.2, 0.25) is 0 Å². The first-order valence-electron chi connectivity index (χ1n) is 9.44. The van der Waals surface area contributed by atoms with Crippen molar-refractivity contribution in [3.63, 3.8) is 0 Å². The van der Waals surface area contributed by atoms with Crippen molar-refractivity contribution in [2.75, 3.05) is 0 Å². The molecule has 1 amide bonds. The average molecular weight is 388 g/mol. The zero-order valence-electron chi connectivity index (χ0n) is 15.8. The van der Waals surface area contributed by atoms with Crippen molar-refractivity contribution in [2.24, 2.45) is 11.3 Å². The molecular formula is C21H25NO4S. The summed E-state index contributed by atoms with van der Waals surface area (Å²) >= 11 is 0. The monoisotopic (exact) mass is 387 g/mol. The number of benzene rings is 1. The Morgan fingerprint density at radius 2 is 1.96 bits per heavy atom. The van der Waals surface area contributed by atoms with Crippen molar-refractivity contribution in [3.8, 4) is 5.75 Å². The summed E-state index contributed by atoms with van der Waals surface area (Å²) < 4.78 is 30.5. The summed E-state index contributed by atoms with van der Waals surface area (Å²) in [5.74, 6) is 0.0488. The number of carbonyl (C=O) groups excluding carboxylic acids is 1. The van der Waals surface area contributed by atoms with Crippen molar-refractivity contribution < 1.29 is 17.4 Å². The van der Waals surface area contributed by atoms with E-state index in [-0.39, 0.29) is 5.75 Å². The van der Waals surface area contributed by atoms with Gasteiger partial charge in [0.15, 0.2) is 0 Å². The lowest BCUT2D eigenvalue weighted by Gasteiger charge is -2.42. The van der Waals surface area contributed by atoms with E-state index in [1.807, 2.05) is 10.8 Å². The predicted octanol–water partition coefficient (Wildman–Crippen LogP) is 3.91. The molecule has 0 aliphatic heterocycles. The molecule has 0 saturated heterocycles. The van der Waals surface area contributed by atoms with Crippen LogP contribution in [-0.4, -0.2) is 14.3 Å². The second-order valence-corrected chi connectivity index (χ2v) is 9.54. The fourth-order valence-corrected chi connectivity index (χ4v) is 5.98. The molecule has 1 aromatic rings. The van der Waals surface area contributed by atoms with E-state index in [4.69, 9.17) is 4.18 Å². The van der Waals surface area contributed by atoms with E-state index in [9.17, 15) is 13.2 Å². The van der Waals surface area contributed by atoms with Crippen LogP contribution in [-0.2, 0) is 21.5 Å². The van der Waals surface area contributed by atoms with Gasteiger partial charge in [0, 0.05) is 12.8 Å². The molecule has 0 aromatic heterocycles. The van der Waals surface area contributed by atoms with Crippen LogP contribution in [0.3, 0.4) is 0 Å². The molecule has 1 aromatic carbocycles. The summed E-state index contributed by atoms with van der Waals surface area (Å²) in [6, 6.07) is 5.42. The maximum Gasteiger partial charge on any atom is 0.409 e. The summed E-state index contributed by atoms with van der Waals surface area (Å²) in [5.41, 5.74) is 6.99. The SMILES string of the molecule is C=C1CC[C@@]2(C)CCC3=C(CCc4cc(OS(=O)(=O)NC(C)=O)ccc43)[C@H]12. The second kappa shape index (κ2) is 6.23. The number of aryl methyl sites for hydroxylation is 1. The number of hydrogen-bond acceptors (Lipinski definition) is 4. The molecule has 0 unspecified atom stereocenters.